The van der Waals surface area contributed by atoms with Crippen LogP contribution in [-0.4, -0.2) is 94.4 Å². The molecule has 2 aliphatic heterocycles. The molecule has 14 heteroatoms. The van der Waals surface area contributed by atoms with Crippen LogP contribution >= 0.6 is 12.4 Å². The number of fused-ring (bicyclic) bond motifs is 2. The minimum absolute atomic E-state index is 0. The van der Waals surface area contributed by atoms with Crippen LogP contribution in [0.2, 0.25) is 0 Å². The molecule has 2 aliphatic rings. The number of aliphatic hydroxyl groups is 1. The van der Waals surface area contributed by atoms with Crippen molar-refractivity contribution >= 4 is 34.0 Å². The summed E-state index contributed by atoms with van der Waals surface area (Å²) in [5.41, 5.74) is 3.00. The van der Waals surface area contributed by atoms with E-state index in [1.807, 2.05) is 54.6 Å². The van der Waals surface area contributed by atoms with Crippen LogP contribution in [0.15, 0.2) is 101 Å². The Balaban J connectivity index is 0.000000193. The van der Waals surface area contributed by atoms with Gasteiger partial charge in [-0.25, -0.2) is 19.0 Å². The molecule has 0 aliphatic carbocycles. The lowest BCUT2D eigenvalue weighted by Crippen LogP contribution is -2.40. The molecular weight excluding hydrogens is 766 g/mol. The van der Waals surface area contributed by atoms with Gasteiger partial charge in [-0.15, -0.1) is 12.4 Å². The smallest absolute Gasteiger partial charge is 0.272 e. The third-order valence-electron chi connectivity index (χ3n) is 11.1. The number of aliphatic hydroxyl groups excluding tert-OH is 1. The summed E-state index contributed by atoms with van der Waals surface area (Å²) >= 11 is 0. The minimum Gasteiger partial charge on any atom is -0.497 e. The first-order valence-electron chi connectivity index (χ1n) is 19.5. The molecule has 6 aromatic rings. The van der Waals surface area contributed by atoms with Crippen molar-refractivity contribution in [1.29, 1.82) is 0 Å². The molecule has 306 valence electrons. The molecule has 0 radical (unpaired) electrons. The summed E-state index contributed by atoms with van der Waals surface area (Å²) in [5.74, 6) is -0.187. The van der Waals surface area contributed by atoms with Crippen molar-refractivity contribution < 1.29 is 23.4 Å². The number of piperidine rings is 2. The Morgan fingerprint density at radius 1 is 0.707 bits per heavy atom. The van der Waals surface area contributed by atoms with Crippen LogP contribution in [-0.2, 0) is 6.42 Å². The van der Waals surface area contributed by atoms with Crippen LogP contribution in [0, 0.1) is 11.6 Å². The van der Waals surface area contributed by atoms with Gasteiger partial charge < -0.3 is 24.4 Å². The fourth-order valence-corrected chi connectivity index (χ4v) is 7.90. The molecule has 8 rings (SSSR count). The second kappa shape index (κ2) is 20.0. The van der Waals surface area contributed by atoms with Crippen LogP contribution in [0.5, 0.6) is 11.5 Å². The van der Waals surface area contributed by atoms with Gasteiger partial charge in [0.05, 0.1) is 29.3 Å². The summed E-state index contributed by atoms with van der Waals surface area (Å²) in [6, 6.07) is 26.9. The number of likely N-dealkylation sites (tertiary alicyclic amines) is 2. The van der Waals surface area contributed by atoms with Crippen LogP contribution in [0.1, 0.15) is 54.5 Å². The fraction of sp³-hybridized carbons (Fsp3) is 0.364. The Labute approximate surface area is 341 Å². The van der Waals surface area contributed by atoms with Crippen molar-refractivity contribution in [3.63, 3.8) is 0 Å². The summed E-state index contributed by atoms with van der Waals surface area (Å²) < 4.78 is 36.8. The topological polar surface area (TPSA) is 137 Å². The minimum atomic E-state index is -0.979. The maximum atomic E-state index is 13.2. The van der Waals surface area contributed by atoms with E-state index in [0.29, 0.717) is 17.8 Å². The molecule has 0 spiro atoms. The SMILES string of the molecule is COc1ccc(CCN2CCC(c3n[nH]c(=O)c4ccccc34)CC2)cc1.Cl.O=c1[nH]nc(C2CCN(CC(O)COc3ccc(F)c(F)c3)CC2)c2ccccc12. The quantitative estimate of drug-likeness (QED) is 0.132. The molecule has 0 amide bonds. The number of nitrogens with zero attached hydrogens (tertiary/aromatic N) is 4. The van der Waals surface area contributed by atoms with Crippen LogP contribution in [0.25, 0.3) is 21.5 Å². The lowest BCUT2D eigenvalue weighted by Gasteiger charge is -2.33. The number of β-amino-alcohol motifs (C(OH)–C–C–N with tert-alkyl or cyclic N) is 1. The number of hydrogen-bond acceptors (Lipinski definition) is 9. The Morgan fingerprint density at radius 3 is 1.72 bits per heavy atom. The van der Waals surface area contributed by atoms with E-state index in [1.165, 1.54) is 11.6 Å². The Hall–Kier alpha value is -5.21. The van der Waals surface area contributed by atoms with Gasteiger partial charge in [0.1, 0.15) is 24.2 Å². The van der Waals surface area contributed by atoms with Gasteiger partial charge in [0.25, 0.3) is 11.1 Å². The van der Waals surface area contributed by atoms with E-state index in [-0.39, 0.29) is 41.8 Å². The van der Waals surface area contributed by atoms with Crippen molar-refractivity contribution in [2.24, 2.45) is 0 Å². The van der Waals surface area contributed by atoms with Crippen LogP contribution in [0.3, 0.4) is 0 Å². The number of ether oxygens (including phenoxy) is 2. The zero-order chi connectivity index (χ0) is 39.7. The molecule has 11 nitrogen and oxygen atoms in total. The van der Waals surface area contributed by atoms with E-state index >= 15 is 0 Å². The van der Waals surface area contributed by atoms with Gasteiger partial charge in [0.15, 0.2) is 11.6 Å². The zero-order valence-corrected chi connectivity index (χ0v) is 33.2. The number of benzene rings is 4. The molecule has 2 saturated heterocycles. The van der Waals surface area contributed by atoms with Crippen molar-refractivity contribution in [3.8, 4) is 11.5 Å². The van der Waals surface area contributed by atoms with E-state index in [4.69, 9.17) is 9.47 Å². The number of aromatic amines is 2. The maximum absolute atomic E-state index is 13.2. The number of methoxy groups -OCH3 is 1. The highest BCUT2D eigenvalue weighted by molar-refractivity contribution is 5.85. The summed E-state index contributed by atoms with van der Waals surface area (Å²) in [6.45, 7) is 5.18. The Bertz CT molecular complexity index is 2380. The predicted octanol–water partition coefficient (Wildman–Crippen LogP) is 6.60. The Kier molecular flexibility index (Phi) is 14.6. The predicted molar refractivity (Wildman–Crippen MR) is 223 cm³/mol. The van der Waals surface area contributed by atoms with Gasteiger partial charge >= 0.3 is 0 Å². The van der Waals surface area contributed by atoms with Crippen molar-refractivity contribution in [2.45, 2.75) is 50.0 Å². The van der Waals surface area contributed by atoms with Crippen molar-refractivity contribution in [3.05, 3.63) is 140 Å². The number of H-pyrrole nitrogens is 2. The first-order chi connectivity index (χ1) is 27.7. The average molecular weight is 815 g/mol. The highest BCUT2D eigenvalue weighted by Crippen LogP contribution is 2.32. The van der Waals surface area contributed by atoms with E-state index in [9.17, 15) is 23.5 Å². The summed E-state index contributed by atoms with van der Waals surface area (Å²) in [5, 5.41) is 27.5. The standard InChI is InChI=1S/C22H23F2N3O3.C22H25N3O2.ClH/c23-19-6-5-16(11-20(19)24)30-13-15(28)12-27-9-7-14(8-10-27)21-17-3-1-2-4-18(17)22(29)26-25-21;1-27-18-8-6-16(7-9-18)10-13-25-14-11-17(12-15-25)21-19-4-2-3-5-20(19)22(26)24-23-21;/h1-6,11,14-15,28H,7-10,12-13H2,(H,26,29);2-9,17H,10-15H2,1H3,(H,24,26);1H. The second-order valence-corrected chi connectivity index (χ2v) is 14.8. The molecule has 4 heterocycles. The van der Waals surface area contributed by atoms with Gasteiger partial charge in [0.2, 0.25) is 0 Å². The van der Waals surface area contributed by atoms with Crippen LogP contribution in [0.4, 0.5) is 8.78 Å². The van der Waals surface area contributed by atoms with Crippen molar-refractivity contribution in [2.75, 3.05) is 53.0 Å². The summed E-state index contributed by atoms with van der Waals surface area (Å²) in [6.07, 6.45) is 4.17. The third-order valence-corrected chi connectivity index (χ3v) is 11.1. The van der Waals surface area contributed by atoms with E-state index in [1.54, 1.807) is 13.2 Å². The van der Waals surface area contributed by atoms with Gasteiger partial charge in [-0.1, -0.05) is 48.5 Å². The monoisotopic (exact) mass is 814 g/mol. The Morgan fingerprint density at radius 2 is 1.21 bits per heavy atom. The molecule has 1 unspecified atom stereocenters. The summed E-state index contributed by atoms with van der Waals surface area (Å²) in [7, 11) is 1.69. The number of halogens is 3. The molecule has 0 saturated carbocycles. The number of aromatic nitrogens is 4. The second-order valence-electron chi connectivity index (χ2n) is 14.8. The maximum Gasteiger partial charge on any atom is 0.272 e. The first kappa shape index (κ1) is 42.4. The zero-order valence-electron chi connectivity index (χ0n) is 32.4. The number of rotatable bonds is 11. The van der Waals surface area contributed by atoms with Crippen molar-refractivity contribution in [1.82, 2.24) is 30.2 Å². The summed E-state index contributed by atoms with van der Waals surface area (Å²) in [4.78, 5) is 28.6. The first-order valence-corrected chi connectivity index (χ1v) is 19.5. The molecule has 3 N–H and O–H groups in total. The van der Waals surface area contributed by atoms with Crippen LogP contribution < -0.4 is 20.6 Å². The van der Waals surface area contributed by atoms with E-state index in [2.05, 4.69) is 42.3 Å². The normalized spacial score (nSPS) is 16.0. The van der Waals surface area contributed by atoms with Gasteiger partial charge in [-0.2, -0.15) is 10.2 Å². The number of nitrogens with one attached hydrogen (secondary N) is 2. The van der Waals surface area contributed by atoms with Gasteiger partial charge in [-0.3, -0.25) is 9.59 Å². The highest BCUT2D eigenvalue weighted by atomic mass is 35.5. The highest BCUT2D eigenvalue weighted by Gasteiger charge is 2.26. The van der Waals surface area contributed by atoms with Gasteiger partial charge in [-0.05, 0) is 100 Å². The number of hydrogen-bond donors (Lipinski definition) is 3. The molecule has 4 aromatic carbocycles. The fourth-order valence-electron chi connectivity index (χ4n) is 7.90. The third kappa shape index (κ3) is 10.4. The lowest BCUT2D eigenvalue weighted by molar-refractivity contribution is 0.0591. The van der Waals surface area contributed by atoms with E-state index in [0.717, 1.165) is 110 Å². The molecule has 0 bridgehead atoms. The largest absolute Gasteiger partial charge is 0.497 e. The molecule has 2 fully saturated rings. The van der Waals surface area contributed by atoms with Gasteiger partial charge in [0, 0.05) is 41.8 Å². The average Bonchev–Trinajstić information content (AvgIpc) is 3.25. The molecule has 2 aromatic heterocycles. The lowest BCUT2D eigenvalue weighted by atomic mass is 9.90. The molecular formula is C44H49ClF2N6O5. The van der Waals surface area contributed by atoms with E-state index < -0.39 is 17.7 Å². The molecule has 58 heavy (non-hydrogen) atoms. The molecule has 1 atom stereocenters.